The van der Waals surface area contributed by atoms with Crippen LogP contribution >= 0.6 is 0 Å². The van der Waals surface area contributed by atoms with Crippen LogP contribution in [-0.2, 0) is 14.8 Å². The summed E-state index contributed by atoms with van der Waals surface area (Å²) in [7, 11) is -4.29. The molecule has 0 unspecified atom stereocenters. The SMILES string of the molecule is CCC[C@@H](NS(=O)(=O)c1cccc(F)c1C#N)C(=O)O. The van der Waals surface area contributed by atoms with Gasteiger partial charge in [0.2, 0.25) is 10.0 Å². The van der Waals surface area contributed by atoms with Gasteiger partial charge in [-0.05, 0) is 18.6 Å². The Morgan fingerprint density at radius 2 is 2.20 bits per heavy atom. The molecule has 0 bridgehead atoms. The number of nitrogens with zero attached hydrogens (tertiary/aromatic N) is 1. The molecule has 0 aliphatic heterocycles. The topological polar surface area (TPSA) is 107 Å². The van der Waals surface area contributed by atoms with Crippen molar-refractivity contribution in [3.8, 4) is 6.07 Å². The fraction of sp³-hybridized carbons (Fsp3) is 0.333. The van der Waals surface area contributed by atoms with Gasteiger partial charge in [0.25, 0.3) is 0 Å². The molecular weight excluding hydrogens is 287 g/mol. The van der Waals surface area contributed by atoms with Crippen molar-refractivity contribution in [1.29, 1.82) is 5.26 Å². The highest BCUT2D eigenvalue weighted by atomic mass is 32.2. The molecule has 0 radical (unpaired) electrons. The minimum absolute atomic E-state index is 0.0891. The van der Waals surface area contributed by atoms with E-state index in [9.17, 15) is 17.6 Å². The molecule has 1 aromatic carbocycles. The van der Waals surface area contributed by atoms with E-state index in [1.165, 1.54) is 6.07 Å². The van der Waals surface area contributed by atoms with Gasteiger partial charge in [-0.2, -0.15) is 9.98 Å². The molecule has 108 valence electrons. The number of carbonyl (C=O) groups is 1. The fourth-order valence-electron chi connectivity index (χ4n) is 1.61. The Labute approximate surface area is 115 Å². The third-order valence-corrected chi connectivity index (χ3v) is 4.06. The molecule has 0 amide bonds. The molecule has 1 aromatic rings. The zero-order valence-corrected chi connectivity index (χ0v) is 11.4. The average molecular weight is 300 g/mol. The summed E-state index contributed by atoms with van der Waals surface area (Å²) in [5.41, 5.74) is -0.638. The van der Waals surface area contributed by atoms with Crippen LogP contribution in [0.3, 0.4) is 0 Å². The highest BCUT2D eigenvalue weighted by Crippen LogP contribution is 2.18. The number of carboxylic acid groups (broad SMARTS) is 1. The van der Waals surface area contributed by atoms with Gasteiger partial charge in [0, 0.05) is 0 Å². The Bertz CT molecular complexity index is 652. The lowest BCUT2D eigenvalue weighted by molar-refractivity contribution is -0.139. The van der Waals surface area contributed by atoms with Crippen molar-refractivity contribution in [1.82, 2.24) is 4.72 Å². The molecular formula is C12H13FN2O4S. The predicted molar refractivity (Wildman–Crippen MR) is 67.8 cm³/mol. The van der Waals surface area contributed by atoms with Crippen molar-refractivity contribution >= 4 is 16.0 Å². The first-order chi connectivity index (χ1) is 9.33. The van der Waals surface area contributed by atoms with Crippen LogP contribution in [0.1, 0.15) is 25.3 Å². The van der Waals surface area contributed by atoms with Crippen LogP contribution in [0, 0.1) is 17.1 Å². The second-order valence-electron chi connectivity index (χ2n) is 4.03. The fourth-order valence-corrected chi connectivity index (χ4v) is 3.00. The Morgan fingerprint density at radius 1 is 1.55 bits per heavy atom. The molecule has 0 spiro atoms. The zero-order chi connectivity index (χ0) is 15.3. The minimum Gasteiger partial charge on any atom is -0.480 e. The van der Waals surface area contributed by atoms with Crippen molar-refractivity contribution in [2.24, 2.45) is 0 Å². The molecule has 0 saturated heterocycles. The highest BCUT2D eigenvalue weighted by Gasteiger charge is 2.27. The first-order valence-electron chi connectivity index (χ1n) is 5.77. The number of halogens is 1. The van der Waals surface area contributed by atoms with E-state index in [1.54, 1.807) is 6.92 Å². The molecule has 0 aliphatic carbocycles. The summed E-state index contributed by atoms with van der Waals surface area (Å²) in [6, 6.07) is 3.29. The summed E-state index contributed by atoms with van der Waals surface area (Å²) in [5.74, 6) is -2.30. The van der Waals surface area contributed by atoms with Gasteiger partial charge < -0.3 is 5.11 Å². The molecule has 0 aliphatic rings. The smallest absolute Gasteiger partial charge is 0.321 e. The van der Waals surface area contributed by atoms with Crippen LogP contribution in [0.5, 0.6) is 0 Å². The number of carboxylic acids is 1. The number of nitriles is 1. The normalized spacial score (nSPS) is 12.7. The van der Waals surface area contributed by atoms with Crippen LogP contribution in [0.15, 0.2) is 23.1 Å². The standard InChI is InChI=1S/C12H13FN2O4S/c1-2-4-10(12(16)17)15-20(18,19)11-6-3-5-9(13)8(11)7-14/h3,5-6,10,15H,2,4H2,1H3,(H,16,17)/t10-/m1/s1. The number of hydrogen-bond acceptors (Lipinski definition) is 4. The molecule has 0 aromatic heterocycles. The lowest BCUT2D eigenvalue weighted by Gasteiger charge is -2.14. The van der Waals surface area contributed by atoms with Gasteiger partial charge in [-0.25, -0.2) is 12.8 Å². The van der Waals surface area contributed by atoms with E-state index >= 15 is 0 Å². The van der Waals surface area contributed by atoms with E-state index in [1.807, 2.05) is 4.72 Å². The Kier molecular flexibility index (Phi) is 5.19. The van der Waals surface area contributed by atoms with Crippen LogP contribution < -0.4 is 4.72 Å². The average Bonchev–Trinajstić information content (AvgIpc) is 2.37. The monoisotopic (exact) mass is 300 g/mol. The van der Waals surface area contributed by atoms with Crippen molar-refractivity contribution in [3.63, 3.8) is 0 Å². The lowest BCUT2D eigenvalue weighted by atomic mass is 10.2. The molecule has 1 rings (SSSR count). The van der Waals surface area contributed by atoms with E-state index in [0.29, 0.717) is 6.42 Å². The van der Waals surface area contributed by atoms with Crippen molar-refractivity contribution in [2.45, 2.75) is 30.7 Å². The molecule has 8 heteroatoms. The van der Waals surface area contributed by atoms with E-state index in [0.717, 1.165) is 18.2 Å². The third-order valence-electron chi connectivity index (χ3n) is 2.55. The van der Waals surface area contributed by atoms with Gasteiger partial charge >= 0.3 is 5.97 Å². The number of nitrogens with one attached hydrogen (secondary N) is 1. The van der Waals surface area contributed by atoms with Crippen molar-refractivity contribution in [3.05, 3.63) is 29.6 Å². The summed E-state index contributed by atoms with van der Waals surface area (Å²) >= 11 is 0. The van der Waals surface area contributed by atoms with Crippen LogP contribution in [0.4, 0.5) is 4.39 Å². The van der Waals surface area contributed by atoms with E-state index in [2.05, 4.69) is 0 Å². The van der Waals surface area contributed by atoms with Gasteiger partial charge in [0.05, 0.1) is 0 Å². The van der Waals surface area contributed by atoms with Crippen LogP contribution in [-0.4, -0.2) is 25.5 Å². The highest BCUT2D eigenvalue weighted by molar-refractivity contribution is 7.89. The van der Waals surface area contributed by atoms with Gasteiger partial charge in [-0.1, -0.05) is 19.4 Å². The lowest BCUT2D eigenvalue weighted by Crippen LogP contribution is -2.40. The number of benzene rings is 1. The van der Waals surface area contributed by atoms with Crippen LogP contribution in [0.25, 0.3) is 0 Å². The summed E-state index contributed by atoms with van der Waals surface area (Å²) in [5, 5.41) is 17.7. The molecule has 1 atom stereocenters. The second kappa shape index (κ2) is 6.45. The van der Waals surface area contributed by atoms with Gasteiger partial charge in [-0.3, -0.25) is 4.79 Å². The zero-order valence-electron chi connectivity index (χ0n) is 10.6. The molecule has 6 nitrogen and oxygen atoms in total. The molecule has 0 fully saturated rings. The Hall–Kier alpha value is -1.98. The van der Waals surface area contributed by atoms with E-state index in [-0.39, 0.29) is 6.42 Å². The number of aliphatic carboxylic acids is 1. The maximum atomic E-state index is 13.4. The molecule has 20 heavy (non-hydrogen) atoms. The summed E-state index contributed by atoms with van der Waals surface area (Å²) in [6.07, 6.45) is 0.541. The second-order valence-corrected chi connectivity index (χ2v) is 5.71. The predicted octanol–water partition coefficient (Wildman–Crippen LogP) is 1.23. The quantitative estimate of drug-likeness (QED) is 0.821. The number of sulfonamides is 1. The Balaban J connectivity index is 3.21. The first-order valence-corrected chi connectivity index (χ1v) is 7.25. The summed E-state index contributed by atoms with van der Waals surface area (Å²) < 4.78 is 39.5. The molecule has 0 heterocycles. The third kappa shape index (κ3) is 3.53. The van der Waals surface area contributed by atoms with E-state index < -0.39 is 38.3 Å². The summed E-state index contributed by atoms with van der Waals surface area (Å²) in [4.78, 5) is 10.4. The maximum absolute atomic E-state index is 13.4. The van der Waals surface area contributed by atoms with Gasteiger partial charge in [-0.15, -0.1) is 0 Å². The number of hydrogen-bond donors (Lipinski definition) is 2. The maximum Gasteiger partial charge on any atom is 0.321 e. The van der Waals surface area contributed by atoms with Crippen molar-refractivity contribution < 1.29 is 22.7 Å². The minimum atomic E-state index is -4.29. The Morgan fingerprint density at radius 3 is 2.70 bits per heavy atom. The molecule has 0 saturated carbocycles. The largest absolute Gasteiger partial charge is 0.480 e. The van der Waals surface area contributed by atoms with Crippen molar-refractivity contribution in [2.75, 3.05) is 0 Å². The first kappa shape index (κ1) is 16.1. The summed E-state index contributed by atoms with van der Waals surface area (Å²) in [6.45, 7) is 1.70. The van der Waals surface area contributed by atoms with Crippen LogP contribution in [0.2, 0.25) is 0 Å². The molecule has 2 N–H and O–H groups in total. The van der Waals surface area contributed by atoms with Gasteiger partial charge in [0.15, 0.2) is 0 Å². The number of rotatable bonds is 6. The van der Waals surface area contributed by atoms with Gasteiger partial charge in [0.1, 0.15) is 28.4 Å². The van der Waals surface area contributed by atoms with E-state index in [4.69, 9.17) is 10.4 Å².